The van der Waals surface area contributed by atoms with Crippen molar-refractivity contribution in [1.29, 1.82) is 0 Å². The van der Waals surface area contributed by atoms with E-state index in [-0.39, 0.29) is 6.09 Å². The number of pyridine rings is 1. The first-order chi connectivity index (χ1) is 9.89. The van der Waals surface area contributed by atoms with Crippen molar-refractivity contribution >= 4 is 6.09 Å². The Bertz CT molecular complexity index is 493. The molecule has 2 heterocycles. The zero-order valence-corrected chi connectivity index (χ0v) is 12.8. The molecule has 1 fully saturated rings. The van der Waals surface area contributed by atoms with Crippen LogP contribution in [0.2, 0.25) is 0 Å². The van der Waals surface area contributed by atoms with Gasteiger partial charge in [-0.15, -0.1) is 0 Å². The average Bonchev–Trinajstić information content (AvgIpc) is 2.35. The summed E-state index contributed by atoms with van der Waals surface area (Å²) in [7, 11) is 0. The van der Waals surface area contributed by atoms with E-state index in [1.807, 2.05) is 26.8 Å². The molecule has 0 spiro atoms. The van der Waals surface area contributed by atoms with Gasteiger partial charge in [0, 0.05) is 37.3 Å². The van der Waals surface area contributed by atoms with E-state index in [1.54, 1.807) is 17.3 Å². The molecule has 6 nitrogen and oxygen atoms in total. The van der Waals surface area contributed by atoms with E-state index in [0.717, 1.165) is 11.3 Å². The van der Waals surface area contributed by atoms with Gasteiger partial charge in [-0.1, -0.05) is 0 Å². The highest BCUT2D eigenvalue weighted by atomic mass is 16.6. The predicted octanol–water partition coefficient (Wildman–Crippen LogP) is 1.79. The van der Waals surface area contributed by atoms with Gasteiger partial charge in [-0.05, 0) is 26.8 Å². The molecule has 0 aromatic carbocycles. The summed E-state index contributed by atoms with van der Waals surface area (Å²) in [6.45, 7) is 7.89. The lowest BCUT2D eigenvalue weighted by Gasteiger charge is -2.39. The van der Waals surface area contributed by atoms with Crippen LogP contribution in [0.25, 0.3) is 0 Å². The zero-order valence-electron chi connectivity index (χ0n) is 12.8. The molecule has 0 unspecified atom stereocenters. The van der Waals surface area contributed by atoms with Crippen molar-refractivity contribution in [3.8, 4) is 5.75 Å². The van der Waals surface area contributed by atoms with E-state index in [4.69, 9.17) is 15.2 Å². The lowest BCUT2D eigenvalue weighted by atomic mass is 10.0. The van der Waals surface area contributed by atoms with Crippen molar-refractivity contribution in [1.82, 2.24) is 9.88 Å². The Kier molecular flexibility index (Phi) is 4.67. The number of rotatable bonds is 4. The van der Waals surface area contributed by atoms with Crippen molar-refractivity contribution in [2.75, 3.05) is 19.7 Å². The lowest BCUT2D eigenvalue weighted by molar-refractivity contribution is -0.00789. The number of carbonyl (C=O) groups excluding carboxylic acids is 1. The minimum Gasteiger partial charge on any atom is -0.491 e. The number of likely N-dealkylation sites (tertiary alicyclic amines) is 1. The molecule has 0 saturated carbocycles. The Labute approximate surface area is 125 Å². The molecule has 1 aliphatic rings. The van der Waals surface area contributed by atoms with E-state index in [1.165, 1.54) is 0 Å². The molecule has 0 aliphatic carbocycles. The molecule has 0 atom stereocenters. The monoisotopic (exact) mass is 293 g/mol. The number of hydrogen-bond acceptors (Lipinski definition) is 5. The summed E-state index contributed by atoms with van der Waals surface area (Å²) < 4.78 is 11.0. The van der Waals surface area contributed by atoms with Crippen molar-refractivity contribution in [3.63, 3.8) is 0 Å². The lowest BCUT2D eigenvalue weighted by Crippen LogP contribution is -2.53. The highest BCUT2D eigenvalue weighted by Crippen LogP contribution is 2.22. The van der Waals surface area contributed by atoms with Gasteiger partial charge in [0.15, 0.2) is 0 Å². The van der Waals surface area contributed by atoms with Gasteiger partial charge in [-0.3, -0.25) is 4.98 Å². The number of hydrogen-bond donors (Lipinski definition) is 1. The largest absolute Gasteiger partial charge is 0.491 e. The van der Waals surface area contributed by atoms with Crippen molar-refractivity contribution in [2.45, 2.75) is 32.9 Å². The van der Waals surface area contributed by atoms with Crippen LogP contribution in [0, 0.1) is 5.92 Å². The summed E-state index contributed by atoms with van der Waals surface area (Å²) in [5.41, 5.74) is 6.13. The van der Waals surface area contributed by atoms with E-state index >= 15 is 0 Å². The van der Waals surface area contributed by atoms with Crippen LogP contribution in [0.15, 0.2) is 18.5 Å². The molecule has 0 radical (unpaired) electrons. The van der Waals surface area contributed by atoms with Crippen LogP contribution in [-0.2, 0) is 11.3 Å². The van der Waals surface area contributed by atoms with Gasteiger partial charge in [0.1, 0.15) is 11.4 Å². The van der Waals surface area contributed by atoms with Crippen LogP contribution in [0.5, 0.6) is 5.75 Å². The first kappa shape index (κ1) is 15.6. The first-order valence-corrected chi connectivity index (χ1v) is 7.12. The van der Waals surface area contributed by atoms with Crippen LogP contribution in [0.1, 0.15) is 26.3 Å². The molecule has 1 saturated heterocycles. The third kappa shape index (κ3) is 4.32. The van der Waals surface area contributed by atoms with Crippen molar-refractivity contribution < 1.29 is 14.3 Å². The first-order valence-electron chi connectivity index (χ1n) is 7.12. The number of ether oxygens (including phenoxy) is 2. The van der Waals surface area contributed by atoms with Gasteiger partial charge in [0.25, 0.3) is 0 Å². The summed E-state index contributed by atoms with van der Waals surface area (Å²) in [6.07, 6.45) is 3.11. The Morgan fingerprint density at radius 1 is 1.48 bits per heavy atom. The molecule has 2 rings (SSSR count). The quantitative estimate of drug-likeness (QED) is 0.915. The standard InChI is InChI=1S/C15H23N3O3/c1-15(2,3)21-14(19)18-8-11(9-18)10-20-13-7-17-5-4-12(13)6-16/h4-5,7,11H,6,8-10,16H2,1-3H3. The molecule has 0 bridgehead atoms. The van der Waals surface area contributed by atoms with E-state index in [9.17, 15) is 4.79 Å². The Morgan fingerprint density at radius 3 is 2.81 bits per heavy atom. The van der Waals surface area contributed by atoms with Crippen LogP contribution < -0.4 is 10.5 Å². The Morgan fingerprint density at radius 2 is 2.19 bits per heavy atom. The second-order valence-corrected chi connectivity index (χ2v) is 6.25. The summed E-state index contributed by atoms with van der Waals surface area (Å²) in [6, 6.07) is 1.85. The summed E-state index contributed by atoms with van der Waals surface area (Å²) in [5.74, 6) is 1.04. The predicted molar refractivity (Wildman–Crippen MR) is 78.9 cm³/mol. The van der Waals surface area contributed by atoms with Crippen LogP contribution in [-0.4, -0.2) is 41.3 Å². The van der Waals surface area contributed by atoms with Crippen molar-refractivity contribution in [3.05, 3.63) is 24.0 Å². The number of nitrogens with two attached hydrogens (primary N) is 1. The summed E-state index contributed by atoms with van der Waals surface area (Å²) in [5, 5.41) is 0. The van der Waals surface area contributed by atoms with Gasteiger partial charge >= 0.3 is 6.09 Å². The molecule has 1 aliphatic heterocycles. The second-order valence-electron chi connectivity index (χ2n) is 6.25. The molecule has 2 N–H and O–H groups in total. The molecule has 6 heteroatoms. The minimum atomic E-state index is -0.454. The fourth-order valence-corrected chi connectivity index (χ4v) is 2.07. The molecule has 1 aromatic heterocycles. The van der Waals surface area contributed by atoms with E-state index in [2.05, 4.69) is 4.98 Å². The van der Waals surface area contributed by atoms with E-state index in [0.29, 0.717) is 32.2 Å². The van der Waals surface area contributed by atoms with Crippen LogP contribution in [0.3, 0.4) is 0 Å². The van der Waals surface area contributed by atoms with Gasteiger partial charge in [-0.25, -0.2) is 4.79 Å². The fraction of sp³-hybridized carbons (Fsp3) is 0.600. The maximum absolute atomic E-state index is 11.8. The maximum atomic E-state index is 11.8. The average molecular weight is 293 g/mol. The Hall–Kier alpha value is -1.82. The highest BCUT2D eigenvalue weighted by molar-refractivity contribution is 5.69. The normalized spacial score (nSPS) is 15.5. The molecule has 1 aromatic rings. The van der Waals surface area contributed by atoms with Crippen LogP contribution >= 0.6 is 0 Å². The van der Waals surface area contributed by atoms with Gasteiger partial charge in [0.2, 0.25) is 0 Å². The zero-order chi connectivity index (χ0) is 15.5. The maximum Gasteiger partial charge on any atom is 0.410 e. The Balaban J connectivity index is 1.75. The number of aromatic nitrogens is 1. The van der Waals surface area contributed by atoms with Crippen molar-refractivity contribution in [2.24, 2.45) is 11.7 Å². The second kappa shape index (κ2) is 6.30. The van der Waals surface area contributed by atoms with Gasteiger partial charge < -0.3 is 20.1 Å². The fourth-order valence-electron chi connectivity index (χ4n) is 2.07. The van der Waals surface area contributed by atoms with Gasteiger partial charge in [-0.2, -0.15) is 0 Å². The highest BCUT2D eigenvalue weighted by Gasteiger charge is 2.34. The van der Waals surface area contributed by atoms with E-state index < -0.39 is 5.60 Å². The number of amides is 1. The van der Waals surface area contributed by atoms with Crippen LogP contribution in [0.4, 0.5) is 4.79 Å². The molecule has 116 valence electrons. The SMILES string of the molecule is CC(C)(C)OC(=O)N1CC(COc2cnccc2CN)C1. The van der Waals surface area contributed by atoms with Gasteiger partial charge in [0.05, 0.1) is 12.8 Å². The summed E-state index contributed by atoms with van der Waals surface area (Å²) in [4.78, 5) is 17.5. The topological polar surface area (TPSA) is 77.7 Å². The molecular weight excluding hydrogens is 270 g/mol. The third-order valence-corrected chi connectivity index (χ3v) is 3.17. The third-order valence-electron chi connectivity index (χ3n) is 3.17. The smallest absolute Gasteiger partial charge is 0.410 e. The molecular formula is C15H23N3O3. The minimum absolute atomic E-state index is 0.261. The molecule has 21 heavy (non-hydrogen) atoms. The number of carbonyl (C=O) groups is 1. The number of nitrogens with zero attached hydrogens (tertiary/aromatic N) is 2. The summed E-state index contributed by atoms with van der Waals surface area (Å²) >= 11 is 0. The molecule has 1 amide bonds.